The van der Waals surface area contributed by atoms with Crippen molar-refractivity contribution in [2.45, 2.75) is 25.7 Å². The summed E-state index contributed by atoms with van der Waals surface area (Å²) in [6.45, 7) is 6.44. The predicted octanol–water partition coefficient (Wildman–Crippen LogP) is 5.54. The van der Waals surface area contributed by atoms with Gasteiger partial charge in [0.25, 0.3) is 0 Å². The van der Waals surface area contributed by atoms with Crippen molar-refractivity contribution in [3.8, 4) is 5.75 Å². The molecule has 0 saturated heterocycles. The third-order valence-corrected chi connectivity index (χ3v) is 6.26. The van der Waals surface area contributed by atoms with Gasteiger partial charge in [0.05, 0.1) is 12.8 Å². The van der Waals surface area contributed by atoms with Crippen LogP contribution in [0.3, 0.4) is 0 Å². The Hall–Kier alpha value is -4.42. The van der Waals surface area contributed by atoms with E-state index < -0.39 is 29.7 Å². The highest BCUT2D eigenvalue weighted by molar-refractivity contribution is 5.99. The number of rotatable bonds is 9. The zero-order valence-electron chi connectivity index (χ0n) is 21.9. The number of aromatic nitrogens is 2. The highest BCUT2D eigenvalue weighted by Crippen LogP contribution is 2.37. The Bertz CT molecular complexity index is 1420. The lowest BCUT2D eigenvalue weighted by molar-refractivity contribution is -0.137. The first kappa shape index (κ1) is 28.6. The molecule has 0 fully saturated rings. The Kier molecular flexibility index (Phi) is 8.70. The lowest BCUT2D eigenvalue weighted by Gasteiger charge is -2.28. The van der Waals surface area contributed by atoms with Crippen molar-refractivity contribution in [1.29, 1.82) is 0 Å². The number of aliphatic hydroxyl groups is 1. The molecule has 1 unspecified atom stereocenters. The van der Waals surface area contributed by atoms with Crippen molar-refractivity contribution in [3.05, 3.63) is 78.5 Å². The van der Waals surface area contributed by atoms with Crippen LogP contribution < -0.4 is 20.7 Å². The number of benzene rings is 2. The molecule has 0 radical (unpaired) electrons. The van der Waals surface area contributed by atoms with Crippen molar-refractivity contribution >= 4 is 40.3 Å². The summed E-state index contributed by atoms with van der Waals surface area (Å²) >= 11 is 0. The van der Waals surface area contributed by atoms with Crippen molar-refractivity contribution in [2.75, 3.05) is 36.1 Å². The molecule has 0 bridgehead atoms. The average Bonchev–Trinajstić information content (AvgIpc) is 2.93. The second kappa shape index (κ2) is 12.2. The van der Waals surface area contributed by atoms with Gasteiger partial charge in [-0.3, -0.25) is 9.69 Å². The van der Waals surface area contributed by atoms with E-state index in [4.69, 9.17) is 4.74 Å². The number of nitrogens with one attached hydrogen (secondary N) is 3. The van der Waals surface area contributed by atoms with Crippen molar-refractivity contribution < 1.29 is 27.8 Å². The molecule has 1 aromatic heterocycles. The Morgan fingerprint density at radius 2 is 1.98 bits per heavy atom. The van der Waals surface area contributed by atoms with Crippen LogP contribution in [0.5, 0.6) is 5.75 Å². The second-order valence-electron chi connectivity index (χ2n) is 9.00. The van der Waals surface area contributed by atoms with Crippen LogP contribution in [-0.4, -0.2) is 52.3 Å². The molecule has 12 heteroatoms. The van der Waals surface area contributed by atoms with E-state index in [1.54, 1.807) is 31.2 Å². The Balaban J connectivity index is 1.59. The highest BCUT2D eigenvalue weighted by Gasteiger charge is 2.35. The zero-order chi connectivity index (χ0) is 28.9. The first-order valence-corrected chi connectivity index (χ1v) is 12.4. The highest BCUT2D eigenvalue weighted by atomic mass is 19.4. The molecule has 3 aromatic rings. The van der Waals surface area contributed by atoms with Crippen LogP contribution in [0.25, 0.3) is 5.57 Å². The van der Waals surface area contributed by atoms with E-state index in [0.717, 1.165) is 23.6 Å². The van der Waals surface area contributed by atoms with Gasteiger partial charge < -0.3 is 25.8 Å². The molecule has 4 N–H and O–H groups in total. The maximum absolute atomic E-state index is 13.8. The summed E-state index contributed by atoms with van der Waals surface area (Å²) in [6.07, 6.45) is -0.663. The van der Waals surface area contributed by atoms with Gasteiger partial charge in [-0.15, -0.1) is 0 Å². The van der Waals surface area contributed by atoms with Crippen LogP contribution >= 0.6 is 0 Å². The maximum atomic E-state index is 13.8. The van der Waals surface area contributed by atoms with E-state index in [9.17, 15) is 23.1 Å². The van der Waals surface area contributed by atoms with Crippen molar-refractivity contribution in [3.63, 3.8) is 0 Å². The summed E-state index contributed by atoms with van der Waals surface area (Å²) in [4.78, 5) is 21.5. The number of halogens is 3. The Morgan fingerprint density at radius 3 is 2.62 bits per heavy atom. The summed E-state index contributed by atoms with van der Waals surface area (Å²) in [6, 6.07) is 11.6. The lowest BCUT2D eigenvalue weighted by Crippen LogP contribution is -2.36. The summed E-state index contributed by atoms with van der Waals surface area (Å²) in [5, 5.41) is 18.0. The number of aliphatic hydroxyl groups excluding tert-OH is 1. The molecule has 1 aliphatic rings. The van der Waals surface area contributed by atoms with Crippen LogP contribution in [0.4, 0.5) is 42.0 Å². The van der Waals surface area contributed by atoms with Crippen LogP contribution in [0.2, 0.25) is 0 Å². The molecule has 1 atom stereocenters. The summed E-state index contributed by atoms with van der Waals surface area (Å²) < 4.78 is 46.8. The fraction of sp³-hybridized carbons (Fsp3) is 0.250. The van der Waals surface area contributed by atoms with Gasteiger partial charge in [0.15, 0.2) is 0 Å². The van der Waals surface area contributed by atoms with Gasteiger partial charge in [-0.1, -0.05) is 24.8 Å². The van der Waals surface area contributed by atoms with Crippen LogP contribution in [0, 0.1) is 0 Å². The largest absolute Gasteiger partial charge is 0.495 e. The Labute approximate surface area is 229 Å². The normalized spacial score (nSPS) is 14.6. The van der Waals surface area contributed by atoms with Gasteiger partial charge in [-0.25, -0.2) is 4.98 Å². The third kappa shape index (κ3) is 6.96. The zero-order valence-corrected chi connectivity index (χ0v) is 21.9. The SMILES string of the molecule is C=CC(=O)Nc1cccc(Nc2nc(Nc3ccc(C4=CCN(C(C)O)CC4)cc3OC)ncc2C(F)(F)F)c1. The molecule has 2 aromatic carbocycles. The van der Waals surface area contributed by atoms with E-state index in [-0.39, 0.29) is 11.6 Å². The fourth-order valence-electron chi connectivity index (χ4n) is 4.15. The molecular weight excluding hydrogens is 525 g/mol. The minimum Gasteiger partial charge on any atom is -0.495 e. The molecule has 0 aliphatic carbocycles. The van der Waals surface area contributed by atoms with Gasteiger partial charge in [0.2, 0.25) is 11.9 Å². The predicted molar refractivity (Wildman–Crippen MR) is 148 cm³/mol. The number of nitrogens with zero attached hydrogens (tertiary/aromatic N) is 3. The van der Waals surface area contributed by atoms with Gasteiger partial charge in [0, 0.05) is 30.7 Å². The number of alkyl halides is 3. The number of methoxy groups -OCH3 is 1. The molecule has 1 amide bonds. The van der Waals surface area contributed by atoms with Gasteiger partial charge in [0.1, 0.15) is 23.4 Å². The quantitative estimate of drug-likeness (QED) is 0.255. The van der Waals surface area contributed by atoms with Crippen LogP contribution in [0.15, 0.2) is 67.4 Å². The molecule has 0 saturated carbocycles. The van der Waals surface area contributed by atoms with Crippen LogP contribution in [0.1, 0.15) is 24.5 Å². The number of ether oxygens (including phenoxy) is 1. The number of anilines is 5. The van der Waals surface area contributed by atoms with E-state index in [2.05, 4.69) is 32.5 Å². The average molecular weight is 555 g/mol. The van der Waals surface area contributed by atoms with Gasteiger partial charge in [-0.2, -0.15) is 18.2 Å². The second-order valence-corrected chi connectivity index (χ2v) is 9.00. The standard InChI is InChI=1S/C28H29F3N6O3/c1-4-25(39)33-20-6-5-7-21(15-20)34-26-22(28(29,30)31)16-32-27(36-26)35-23-9-8-19(14-24(23)40-3)18-10-12-37(13-11-18)17(2)38/h4-10,14-17,38H,1,11-13H2,2-3H3,(H,33,39)(H2,32,34,35,36). The molecule has 1 aliphatic heterocycles. The van der Waals surface area contributed by atoms with Crippen LogP contribution in [-0.2, 0) is 11.0 Å². The minimum atomic E-state index is -4.72. The molecule has 210 valence electrons. The summed E-state index contributed by atoms with van der Waals surface area (Å²) in [5.41, 5.74) is 2.09. The van der Waals surface area contributed by atoms with Gasteiger partial charge >= 0.3 is 6.18 Å². The fourth-order valence-corrected chi connectivity index (χ4v) is 4.15. The van der Waals surface area contributed by atoms with E-state index in [1.807, 2.05) is 23.1 Å². The molecule has 0 spiro atoms. The number of amides is 1. The molecule has 2 heterocycles. The lowest BCUT2D eigenvalue weighted by atomic mass is 9.98. The summed E-state index contributed by atoms with van der Waals surface area (Å²) in [7, 11) is 1.49. The van der Waals surface area contributed by atoms with Crippen molar-refractivity contribution in [1.82, 2.24) is 14.9 Å². The smallest absolute Gasteiger partial charge is 0.421 e. The number of hydrogen-bond acceptors (Lipinski definition) is 8. The molecular formula is C28H29F3N6O3. The maximum Gasteiger partial charge on any atom is 0.421 e. The Morgan fingerprint density at radius 1 is 1.20 bits per heavy atom. The number of hydrogen-bond donors (Lipinski definition) is 4. The molecule has 4 rings (SSSR count). The summed E-state index contributed by atoms with van der Waals surface area (Å²) in [5.74, 6) is -0.548. The minimum absolute atomic E-state index is 0.0814. The number of carbonyl (C=O) groups is 1. The third-order valence-electron chi connectivity index (χ3n) is 6.26. The van der Waals surface area contributed by atoms with E-state index >= 15 is 0 Å². The number of carbonyl (C=O) groups excluding carboxylic acids is 1. The topological polar surface area (TPSA) is 112 Å². The van der Waals surface area contributed by atoms with Gasteiger partial charge in [-0.05, 0) is 60.9 Å². The molecule has 9 nitrogen and oxygen atoms in total. The van der Waals surface area contributed by atoms with Crippen molar-refractivity contribution in [2.24, 2.45) is 0 Å². The van der Waals surface area contributed by atoms with E-state index in [0.29, 0.717) is 36.4 Å². The molecule has 40 heavy (non-hydrogen) atoms. The first-order valence-electron chi connectivity index (χ1n) is 12.4. The first-order chi connectivity index (χ1) is 19.1. The van der Waals surface area contributed by atoms with E-state index in [1.165, 1.54) is 13.2 Å². The monoisotopic (exact) mass is 554 g/mol.